The van der Waals surface area contributed by atoms with Gasteiger partial charge in [-0.05, 0) is 35.8 Å². The molecule has 0 saturated carbocycles. The van der Waals surface area contributed by atoms with Crippen LogP contribution in [0.1, 0.15) is 30.7 Å². The third kappa shape index (κ3) is 2.44. The molecule has 2 rings (SSSR count). The Labute approximate surface area is 99.4 Å². The SMILES string of the molecule is CC1CC(Cl)CC=C1C(O)c1cccs1. The number of allylic oxidation sites excluding steroid dienone is 1. The maximum absolute atomic E-state index is 10.2. The highest BCUT2D eigenvalue weighted by Gasteiger charge is 2.25. The van der Waals surface area contributed by atoms with E-state index in [2.05, 4.69) is 13.0 Å². The summed E-state index contributed by atoms with van der Waals surface area (Å²) >= 11 is 7.69. The molecule has 0 spiro atoms. The van der Waals surface area contributed by atoms with Crippen LogP contribution in [0, 0.1) is 5.92 Å². The predicted octanol–water partition coefficient (Wildman–Crippen LogP) is 3.75. The van der Waals surface area contributed by atoms with Crippen molar-refractivity contribution in [1.29, 1.82) is 0 Å². The highest BCUT2D eigenvalue weighted by molar-refractivity contribution is 7.10. The lowest BCUT2D eigenvalue weighted by Gasteiger charge is -2.26. The van der Waals surface area contributed by atoms with Gasteiger partial charge in [0.15, 0.2) is 0 Å². The largest absolute Gasteiger partial charge is 0.383 e. The number of alkyl halides is 1. The summed E-state index contributed by atoms with van der Waals surface area (Å²) in [5, 5.41) is 12.4. The van der Waals surface area contributed by atoms with Crippen LogP contribution >= 0.6 is 22.9 Å². The number of rotatable bonds is 2. The monoisotopic (exact) mass is 242 g/mol. The molecule has 0 saturated heterocycles. The van der Waals surface area contributed by atoms with E-state index >= 15 is 0 Å². The van der Waals surface area contributed by atoms with Gasteiger partial charge in [0.2, 0.25) is 0 Å². The number of aliphatic hydroxyl groups is 1. The molecular weight excluding hydrogens is 228 g/mol. The van der Waals surface area contributed by atoms with Crippen molar-refractivity contribution in [1.82, 2.24) is 0 Å². The Kier molecular flexibility index (Phi) is 3.49. The highest BCUT2D eigenvalue weighted by Crippen LogP contribution is 2.36. The van der Waals surface area contributed by atoms with Crippen LogP contribution in [0.25, 0.3) is 0 Å². The maximum Gasteiger partial charge on any atom is 0.109 e. The van der Waals surface area contributed by atoms with Gasteiger partial charge in [-0.2, -0.15) is 0 Å². The molecular formula is C12H15ClOS. The Balaban J connectivity index is 2.17. The molecule has 15 heavy (non-hydrogen) atoms. The zero-order valence-corrected chi connectivity index (χ0v) is 10.3. The molecule has 1 heterocycles. The van der Waals surface area contributed by atoms with Crippen LogP contribution in [0.4, 0.5) is 0 Å². The smallest absolute Gasteiger partial charge is 0.109 e. The standard InChI is InChI=1S/C12H15ClOS/c1-8-7-9(13)4-5-10(8)12(14)11-3-2-6-15-11/h2-3,5-6,8-9,12,14H,4,7H2,1H3. The van der Waals surface area contributed by atoms with Crippen molar-refractivity contribution in [2.75, 3.05) is 0 Å². The second kappa shape index (κ2) is 4.69. The van der Waals surface area contributed by atoms with Crippen molar-refractivity contribution >= 4 is 22.9 Å². The first-order chi connectivity index (χ1) is 7.18. The molecule has 0 amide bonds. The first-order valence-corrected chi connectivity index (χ1v) is 6.55. The van der Waals surface area contributed by atoms with Crippen LogP contribution in [-0.4, -0.2) is 10.5 Å². The van der Waals surface area contributed by atoms with Crippen LogP contribution in [0.3, 0.4) is 0 Å². The lowest BCUT2D eigenvalue weighted by atomic mass is 9.85. The molecule has 0 aliphatic heterocycles. The van der Waals surface area contributed by atoms with Crippen LogP contribution in [0.2, 0.25) is 0 Å². The summed E-state index contributed by atoms with van der Waals surface area (Å²) in [6.07, 6.45) is 3.53. The number of halogens is 1. The molecule has 1 aliphatic rings. The lowest BCUT2D eigenvalue weighted by Crippen LogP contribution is -2.17. The van der Waals surface area contributed by atoms with Gasteiger partial charge in [0.1, 0.15) is 6.10 Å². The molecule has 0 aromatic carbocycles. The van der Waals surface area contributed by atoms with Gasteiger partial charge in [0.05, 0.1) is 0 Å². The molecule has 0 bridgehead atoms. The average Bonchev–Trinajstić information content (AvgIpc) is 2.69. The fourth-order valence-corrected chi connectivity index (χ4v) is 3.17. The molecule has 3 heteroatoms. The van der Waals surface area contributed by atoms with Gasteiger partial charge < -0.3 is 5.11 Å². The Morgan fingerprint density at radius 2 is 2.40 bits per heavy atom. The predicted molar refractivity (Wildman–Crippen MR) is 65.4 cm³/mol. The van der Waals surface area contributed by atoms with Crippen LogP contribution in [0.5, 0.6) is 0 Å². The van der Waals surface area contributed by atoms with E-state index in [1.54, 1.807) is 11.3 Å². The number of aliphatic hydroxyl groups excluding tert-OH is 1. The minimum atomic E-state index is -0.427. The summed E-state index contributed by atoms with van der Waals surface area (Å²) in [4.78, 5) is 1.03. The van der Waals surface area contributed by atoms with E-state index in [9.17, 15) is 5.11 Å². The Hall–Kier alpha value is -0.310. The number of thiophene rings is 1. The fraction of sp³-hybridized carbons (Fsp3) is 0.500. The quantitative estimate of drug-likeness (QED) is 0.619. The minimum Gasteiger partial charge on any atom is -0.383 e. The van der Waals surface area contributed by atoms with Crippen LogP contribution in [0.15, 0.2) is 29.2 Å². The first kappa shape index (κ1) is 11.2. The maximum atomic E-state index is 10.2. The topological polar surface area (TPSA) is 20.2 Å². The molecule has 3 unspecified atom stereocenters. The number of hydrogen-bond donors (Lipinski definition) is 1. The molecule has 82 valence electrons. The molecule has 1 aromatic heterocycles. The van der Waals surface area contributed by atoms with Crippen LogP contribution < -0.4 is 0 Å². The van der Waals surface area contributed by atoms with Gasteiger partial charge in [0.25, 0.3) is 0 Å². The first-order valence-electron chi connectivity index (χ1n) is 5.24. The van der Waals surface area contributed by atoms with E-state index in [1.807, 2.05) is 17.5 Å². The van der Waals surface area contributed by atoms with E-state index < -0.39 is 6.10 Å². The molecule has 0 fully saturated rings. The van der Waals surface area contributed by atoms with E-state index in [0.717, 1.165) is 23.3 Å². The summed E-state index contributed by atoms with van der Waals surface area (Å²) < 4.78 is 0. The molecule has 1 aliphatic carbocycles. The van der Waals surface area contributed by atoms with E-state index in [0.29, 0.717) is 5.92 Å². The van der Waals surface area contributed by atoms with Gasteiger partial charge >= 0.3 is 0 Å². The van der Waals surface area contributed by atoms with Gasteiger partial charge in [-0.15, -0.1) is 22.9 Å². The molecule has 0 radical (unpaired) electrons. The Morgan fingerprint density at radius 1 is 1.60 bits per heavy atom. The van der Waals surface area contributed by atoms with E-state index in [4.69, 9.17) is 11.6 Å². The Morgan fingerprint density at radius 3 is 3.00 bits per heavy atom. The fourth-order valence-electron chi connectivity index (χ4n) is 2.07. The summed E-state index contributed by atoms with van der Waals surface area (Å²) in [6.45, 7) is 2.14. The second-order valence-corrected chi connectivity index (χ2v) is 5.69. The zero-order valence-electron chi connectivity index (χ0n) is 8.69. The van der Waals surface area contributed by atoms with Crippen molar-refractivity contribution in [3.8, 4) is 0 Å². The minimum absolute atomic E-state index is 0.235. The Bertz CT molecular complexity index is 345. The molecule has 1 nitrogen and oxygen atoms in total. The zero-order chi connectivity index (χ0) is 10.8. The molecule has 1 aromatic rings. The normalized spacial score (nSPS) is 28.6. The van der Waals surface area contributed by atoms with E-state index in [-0.39, 0.29) is 5.38 Å². The van der Waals surface area contributed by atoms with Crippen molar-refractivity contribution in [2.24, 2.45) is 5.92 Å². The third-order valence-corrected chi connectivity index (χ3v) is 4.20. The lowest BCUT2D eigenvalue weighted by molar-refractivity contribution is 0.201. The molecule has 3 atom stereocenters. The van der Waals surface area contributed by atoms with Crippen molar-refractivity contribution in [2.45, 2.75) is 31.2 Å². The molecule has 1 N–H and O–H groups in total. The van der Waals surface area contributed by atoms with Gasteiger partial charge in [-0.1, -0.05) is 19.1 Å². The summed E-state index contributed by atoms with van der Waals surface area (Å²) in [7, 11) is 0. The van der Waals surface area contributed by atoms with Gasteiger partial charge in [-0.25, -0.2) is 0 Å². The van der Waals surface area contributed by atoms with Gasteiger partial charge in [-0.3, -0.25) is 0 Å². The van der Waals surface area contributed by atoms with E-state index in [1.165, 1.54) is 0 Å². The van der Waals surface area contributed by atoms with Crippen molar-refractivity contribution in [3.63, 3.8) is 0 Å². The summed E-state index contributed by atoms with van der Waals surface area (Å²) in [5.74, 6) is 0.387. The summed E-state index contributed by atoms with van der Waals surface area (Å²) in [6, 6.07) is 3.96. The highest BCUT2D eigenvalue weighted by atomic mass is 35.5. The summed E-state index contributed by atoms with van der Waals surface area (Å²) in [5.41, 5.74) is 1.13. The van der Waals surface area contributed by atoms with Crippen LogP contribution in [-0.2, 0) is 0 Å². The number of hydrogen-bond acceptors (Lipinski definition) is 2. The average molecular weight is 243 g/mol. The van der Waals surface area contributed by atoms with Crippen molar-refractivity contribution < 1.29 is 5.11 Å². The van der Waals surface area contributed by atoms with Gasteiger partial charge in [0, 0.05) is 10.3 Å². The second-order valence-electron chi connectivity index (χ2n) is 4.09. The van der Waals surface area contributed by atoms with Crippen molar-refractivity contribution in [3.05, 3.63) is 34.0 Å². The third-order valence-electron chi connectivity index (χ3n) is 2.92.